The Balaban J connectivity index is 1.24. The van der Waals surface area contributed by atoms with Gasteiger partial charge in [-0.3, -0.25) is 14.6 Å². The van der Waals surface area contributed by atoms with E-state index in [1.54, 1.807) is 53.7 Å². The number of aromatic nitrogens is 1. The number of hydrogen-bond donors (Lipinski definition) is 1. The molecule has 2 aliphatic rings. The molecule has 29 heavy (non-hydrogen) atoms. The molecule has 0 aliphatic carbocycles. The highest BCUT2D eigenvalue weighted by atomic mass is 16.5. The first-order chi connectivity index (χ1) is 14.1. The quantitative estimate of drug-likeness (QED) is 0.862. The van der Waals surface area contributed by atoms with Gasteiger partial charge in [-0.15, -0.1) is 0 Å². The number of amides is 2. The van der Waals surface area contributed by atoms with Crippen molar-refractivity contribution in [2.24, 2.45) is 5.92 Å². The molecule has 2 aliphatic heterocycles. The maximum absolute atomic E-state index is 12.6. The van der Waals surface area contributed by atoms with Crippen molar-refractivity contribution >= 4 is 11.8 Å². The van der Waals surface area contributed by atoms with Crippen molar-refractivity contribution in [1.82, 2.24) is 15.2 Å². The van der Waals surface area contributed by atoms with Crippen LogP contribution in [0.3, 0.4) is 0 Å². The van der Waals surface area contributed by atoms with Gasteiger partial charge in [-0.1, -0.05) is 6.07 Å². The van der Waals surface area contributed by atoms with Gasteiger partial charge in [0.15, 0.2) is 0 Å². The van der Waals surface area contributed by atoms with E-state index in [0.717, 1.165) is 12.8 Å². The Hall–Kier alpha value is -3.24. The Labute approximate surface area is 169 Å². The summed E-state index contributed by atoms with van der Waals surface area (Å²) in [6.45, 7) is 2.28. The molecule has 7 heteroatoms. The van der Waals surface area contributed by atoms with Crippen LogP contribution in [0.1, 0.15) is 39.1 Å². The molecule has 1 N–H and O–H groups in total. The monoisotopic (exact) mass is 390 g/mol. The lowest BCUT2D eigenvalue weighted by Crippen LogP contribution is -2.66. The Morgan fingerprint density at radius 3 is 2.72 bits per heavy atom. The van der Waals surface area contributed by atoms with E-state index >= 15 is 0 Å². The minimum absolute atomic E-state index is 0.0666. The molecule has 4 rings (SSSR count). The first kappa shape index (κ1) is 19.1. The predicted molar refractivity (Wildman–Crippen MR) is 105 cm³/mol. The molecule has 2 fully saturated rings. The molecule has 0 radical (unpaired) electrons. The number of benzene rings is 1. The molecule has 1 spiro atoms. The molecule has 2 amide bonds. The van der Waals surface area contributed by atoms with Crippen molar-refractivity contribution in [1.29, 1.82) is 5.26 Å². The van der Waals surface area contributed by atoms with Crippen molar-refractivity contribution in [2.75, 3.05) is 26.2 Å². The molecule has 1 aromatic heterocycles. The van der Waals surface area contributed by atoms with E-state index in [2.05, 4.69) is 16.4 Å². The van der Waals surface area contributed by atoms with E-state index in [9.17, 15) is 9.59 Å². The summed E-state index contributed by atoms with van der Waals surface area (Å²) in [7, 11) is 0. The van der Waals surface area contributed by atoms with E-state index in [0.29, 0.717) is 42.9 Å². The second-order valence-corrected chi connectivity index (χ2v) is 7.70. The average molecular weight is 390 g/mol. The molecule has 2 saturated heterocycles. The van der Waals surface area contributed by atoms with Gasteiger partial charge in [-0.25, -0.2) is 0 Å². The third-order valence-corrected chi connectivity index (χ3v) is 5.61. The third kappa shape index (κ3) is 4.13. The summed E-state index contributed by atoms with van der Waals surface area (Å²) in [6.07, 6.45) is 5.01. The lowest BCUT2D eigenvalue weighted by molar-refractivity contribution is -0.166. The maximum Gasteiger partial charge on any atom is 0.254 e. The molecule has 1 atom stereocenters. The molecule has 3 heterocycles. The van der Waals surface area contributed by atoms with Gasteiger partial charge in [0.1, 0.15) is 5.60 Å². The van der Waals surface area contributed by atoms with E-state index in [1.165, 1.54) is 0 Å². The number of likely N-dealkylation sites (tertiary alicyclic amines) is 1. The molecule has 7 nitrogen and oxygen atoms in total. The Bertz CT molecular complexity index is 938. The number of hydrogen-bond acceptors (Lipinski definition) is 5. The zero-order valence-corrected chi connectivity index (χ0v) is 16.0. The Kier molecular flexibility index (Phi) is 5.28. The van der Waals surface area contributed by atoms with Gasteiger partial charge in [0, 0.05) is 30.1 Å². The molecule has 0 saturated carbocycles. The second-order valence-electron chi connectivity index (χ2n) is 7.70. The number of carbonyl (C=O) groups excluding carboxylic acids is 2. The first-order valence-corrected chi connectivity index (χ1v) is 9.70. The first-order valence-electron chi connectivity index (χ1n) is 9.70. The van der Waals surface area contributed by atoms with E-state index in [4.69, 9.17) is 10.00 Å². The van der Waals surface area contributed by atoms with Crippen molar-refractivity contribution < 1.29 is 14.3 Å². The highest BCUT2D eigenvalue weighted by molar-refractivity contribution is 5.95. The van der Waals surface area contributed by atoms with Gasteiger partial charge in [-0.2, -0.15) is 5.26 Å². The van der Waals surface area contributed by atoms with Gasteiger partial charge >= 0.3 is 0 Å². The van der Waals surface area contributed by atoms with Crippen LogP contribution in [0.25, 0.3) is 0 Å². The summed E-state index contributed by atoms with van der Waals surface area (Å²) in [6, 6.07) is 12.2. The van der Waals surface area contributed by atoms with Crippen LogP contribution in [0.5, 0.6) is 0 Å². The SMILES string of the molecule is N#Cc1cccc(C(=O)N2CC3(CC[C@@H](CNC(=O)c4ccncc4)CO3)C2)c1. The average Bonchev–Trinajstić information content (AvgIpc) is 2.76. The third-order valence-electron chi connectivity index (χ3n) is 5.61. The van der Waals surface area contributed by atoms with Crippen molar-refractivity contribution in [3.05, 3.63) is 65.5 Å². The number of pyridine rings is 1. The molecule has 148 valence electrons. The number of ether oxygens (including phenoxy) is 1. The fourth-order valence-corrected chi connectivity index (χ4v) is 3.87. The van der Waals surface area contributed by atoms with E-state index in [1.807, 2.05) is 0 Å². The summed E-state index contributed by atoms with van der Waals surface area (Å²) in [5.41, 5.74) is 1.35. The van der Waals surface area contributed by atoms with Gasteiger partial charge in [0.05, 0.1) is 31.3 Å². The predicted octanol–water partition coefficient (Wildman–Crippen LogP) is 2.00. The van der Waals surface area contributed by atoms with Gasteiger partial charge in [0.2, 0.25) is 0 Å². The standard InChI is InChI=1S/C22H22N4O3/c23-11-16-2-1-3-19(10-16)21(28)26-14-22(15-26)7-4-17(13-29-22)12-25-20(27)18-5-8-24-9-6-18/h1-3,5-6,8-10,17H,4,7,12-15H2,(H,25,27)/t17-/m0/s1. The molecule has 2 aromatic rings. The van der Waals surface area contributed by atoms with Crippen LogP contribution < -0.4 is 5.32 Å². The fraction of sp³-hybridized carbons (Fsp3) is 0.364. The van der Waals surface area contributed by atoms with Crippen LogP contribution in [-0.2, 0) is 4.74 Å². The fourth-order valence-electron chi connectivity index (χ4n) is 3.87. The number of carbonyl (C=O) groups is 2. The minimum Gasteiger partial charge on any atom is -0.371 e. The normalized spacial score (nSPS) is 19.8. The molecule has 1 aromatic carbocycles. The second kappa shape index (κ2) is 8.02. The highest BCUT2D eigenvalue weighted by Gasteiger charge is 2.48. The largest absolute Gasteiger partial charge is 0.371 e. The minimum atomic E-state index is -0.270. The zero-order valence-electron chi connectivity index (χ0n) is 16.0. The summed E-state index contributed by atoms with van der Waals surface area (Å²) in [5.74, 6) is 0.0965. The number of nitrogens with zero attached hydrogens (tertiary/aromatic N) is 3. The number of nitriles is 1. The topological polar surface area (TPSA) is 95.3 Å². The number of nitrogens with one attached hydrogen (secondary N) is 1. The molecule has 0 bridgehead atoms. The summed E-state index contributed by atoms with van der Waals surface area (Å²) >= 11 is 0. The smallest absolute Gasteiger partial charge is 0.254 e. The van der Waals surface area contributed by atoms with Crippen LogP contribution in [0.4, 0.5) is 0 Å². The number of rotatable bonds is 4. The maximum atomic E-state index is 12.6. The molecule has 0 unspecified atom stereocenters. The zero-order chi connectivity index (χ0) is 20.3. The lowest BCUT2D eigenvalue weighted by atomic mass is 9.82. The highest BCUT2D eigenvalue weighted by Crippen LogP contribution is 2.36. The van der Waals surface area contributed by atoms with Gasteiger partial charge < -0.3 is 15.0 Å². The summed E-state index contributed by atoms with van der Waals surface area (Å²) in [5, 5.41) is 11.9. The van der Waals surface area contributed by atoms with Crippen LogP contribution in [-0.4, -0.2) is 53.5 Å². The van der Waals surface area contributed by atoms with Crippen LogP contribution in [0.2, 0.25) is 0 Å². The van der Waals surface area contributed by atoms with Crippen LogP contribution in [0.15, 0.2) is 48.8 Å². The lowest BCUT2D eigenvalue weighted by Gasteiger charge is -2.52. The van der Waals surface area contributed by atoms with Crippen molar-refractivity contribution in [2.45, 2.75) is 18.4 Å². The summed E-state index contributed by atoms with van der Waals surface area (Å²) < 4.78 is 6.11. The Morgan fingerprint density at radius 2 is 2.03 bits per heavy atom. The van der Waals surface area contributed by atoms with E-state index in [-0.39, 0.29) is 23.3 Å². The summed E-state index contributed by atoms with van der Waals surface area (Å²) in [4.78, 5) is 30.4. The van der Waals surface area contributed by atoms with Gasteiger partial charge in [-0.05, 0) is 49.1 Å². The van der Waals surface area contributed by atoms with Crippen molar-refractivity contribution in [3.63, 3.8) is 0 Å². The van der Waals surface area contributed by atoms with Crippen LogP contribution in [0, 0.1) is 17.2 Å². The van der Waals surface area contributed by atoms with Crippen LogP contribution >= 0.6 is 0 Å². The van der Waals surface area contributed by atoms with Crippen molar-refractivity contribution in [3.8, 4) is 6.07 Å². The van der Waals surface area contributed by atoms with E-state index < -0.39 is 0 Å². The van der Waals surface area contributed by atoms with Gasteiger partial charge in [0.25, 0.3) is 11.8 Å². The Morgan fingerprint density at radius 1 is 1.24 bits per heavy atom. The molecular formula is C22H22N4O3. The molecular weight excluding hydrogens is 368 g/mol.